The molecule has 0 radical (unpaired) electrons. The Bertz CT molecular complexity index is 697. The molecule has 1 heterocycles. The lowest BCUT2D eigenvalue weighted by molar-refractivity contribution is 0.218. The van der Waals surface area contributed by atoms with Gasteiger partial charge in [-0.3, -0.25) is 4.98 Å². The third-order valence-corrected chi connectivity index (χ3v) is 3.68. The number of aliphatic hydroxyl groups excluding tert-OH is 1. The van der Waals surface area contributed by atoms with Crippen LogP contribution in [0.15, 0.2) is 18.3 Å². The first kappa shape index (κ1) is 12.7. The van der Waals surface area contributed by atoms with Crippen molar-refractivity contribution in [3.63, 3.8) is 0 Å². The summed E-state index contributed by atoms with van der Waals surface area (Å²) in [7, 11) is 2.97. The van der Waals surface area contributed by atoms with Crippen molar-refractivity contribution < 1.29 is 19.7 Å². The lowest BCUT2D eigenvalue weighted by Crippen LogP contribution is -2.00. The van der Waals surface area contributed by atoms with Gasteiger partial charge in [0.25, 0.3) is 0 Å². The third kappa shape index (κ3) is 1.50. The van der Waals surface area contributed by atoms with Gasteiger partial charge < -0.3 is 19.7 Å². The molecule has 5 nitrogen and oxygen atoms in total. The first-order valence-electron chi connectivity index (χ1n) is 6.22. The molecule has 0 saturated carbocycles. The van der Waals surface area contributed by atoms with Gasteiger partial charge in [0.15, 0.2) is 11.5 Å². The number of rotatable bonds is 2. The van der Waals surface area contributed by atoms with Crippen LogP contribution in [0.3, 0.4) is 0 Å². The van der Waals surface area contributed by atoms with Crippen LogP contribution in [0.25, 0.3) is 11.3 Å². The highest BCUT2D eigenvalue weighted by atomic mass is 16.5. The average Bonchev–Trinajstić information content (AvgIpc) is 2.73. The van der Waals surface area contributed by atoms with Gasteiger partial charge in [0.05, 0.1) is 25.5 Å². The highest BCUT2D eigenvalue weighted by molar-refractivity contribution is 5.85. The molecular weight excluding hydrogens is 258 g/mol. The molecule has 0 spiro atoms. The van der Waals surface area contributed by atoms with Gasteiger partial charge in [0, 0.05) is 23.4 Å². The molecule has 20 heavy (non-hydrogen) atoms. The Labute approximate surface area is 116 Å². The van der Waals surface area contributed by atoms with Gasteiger partial charge in [-0.2, -0.15) is 0 Å². The Hall–Kier alpha value is -2.27. The first-order valence-corrected chi connectivity index (χ1v) is 6.22. The molecule has 2 N–H and O–H groups in total. The van der Waals surface area contributed by atoms with Crippen LogP contribution >= 0.6 is 0 Å². The van der Waals surface area contributed by atoms with Gasteiger partial charge in [-0.25, -0.2) is 0 Å². The second kappa shape index (κ2) is 4.38. The molecule has 0 saturated heterocycles. The number of ether oxygens (including phenoxy) is 2. The summed E-state index contributed by atoms with van der Waals surface area (Å²) in [6.45, 7) is 1.91. The molecule has 3 rings (SSSR count). The van der Waals surface area contributed by atoms with Crippen molar-refractivity contribution in [1.29, 1.82) is 0 Å². The fraction of sp³-hybridized carbons (Fsp3) is 0.267. The topological polar surface area (TPSA) is 71.8 Å². The number of hydrogen-bond acceptors (Lipinski definition) is 5. The van der Waals surface area contributed by atoms with Crippen LogP contribution < -0.4 is 9.47 Å². The molecule has 0 fully saturated rings. The summed E-state index contributed by atoms with van der Waals surface area (Å²) in [6.07, 6.45) is 0.838. The number of aliphatic hydroxyl groups is 1. The van der Waals surface area contributed by atoms with Crippen LogP contribution in [0.4, 0.5) is 0 Å². The molecule has 1 aromatic heterocycles. The minimum absolute atomic E-state index is 0.0357. The zero-order valence-corrected chi connectivity index (χ0v) is 11.5. The van der Waals surface area contributed by atoms with Crippen molar-refractivity contribution in [2.24, 2.45) is 0 Å². The molecule has 2 aromatic rings. The molecule has 0 aliphatic heterocycles. The maximum atomic E-state index is 10.6. The van der Waals surface area contributed by atoms with E-state index in [0.29, 0.717) is 28.3 Å². The number of fused-ring (bicyclic) bond motifs is 3. The number of benzene rings is 1. The van der Waals surface area contributed by atoms with E-state index >= 15 is 0 Å². The minimum atomic E-state index is -0.835. The second-order valence-electron chi connectivity index (χ2n) is 4.71. The molecule has 104 valence electrons. The van der Waals surface area contributed by atoms with E-state index in [9.17, 15) is 10.2 Å². The van der Waals surface area contributed by atoms with E-state index in [0.717, 1.165) is 11.1 Å². The molecule has 1 atom stereocenters. The molecule has 5 heteroatoms. The molecular formula is C15H15NO4. The number of pyridine rings is 1. The number of phenolic OH excluding ortho intramolecular Hbond substituents is 1. The van der Waals surface area contributed by atoms with Crippen molar-refractivity contribution in [2.75, 3.05) is 14.2 Å². The summed E-state index contributed by atoms with van der Waals surface area (Å²) in [6, 6.07) is 3.29. The monoisotopic (exact) mass is 273 g/mol. The Morgan fingerprint density at radius 3 is 2.60 bits per heavy atom. The molecule has 0 bridgehead atoms. The third-order valence-electron chi connectivity index (χ3n) is 3.68. The van der Waals surface area contributed by atoms with E-state index < -0.39 is 6.10 Å². The SMILES string of the molecule is COc1cc(O)c(OC)c2c1C(O)c1c(C)ccnc1-2. The number of hydrogen-bond donors (Lipinski definition) is 2. The average molecular weight is 273 g/mol. The first-order chi connectivity index (χ1) is 9.60. The molecule has 0 amide bonds. The minimum Gasteiger partial charge on any atom is -0.504 e. The number of methoxy groups -OCH3 is 2. The van der Waals surface area contributed by atoms with Crippen molar-refractivity contribution in [1.82, 2.24) is 4.98 Å². The summed E-state index contributed by atoms with van der Waals surface area (Å²) in [5.74, 6) is 0.686. The summed E-state index contributed by atoms with van der Waals surface area (Å²) >= 11 is 0. The predicted molar refractivity (Wildman–Crippen MR) is 73.2 cm³/mol. The maximum Gasteiger partial charge on any atom is 0.170 e. The molecule has 1 aliphatic rings. The summed E-state index contributed by atoms with van der Waals surface area (Å²) < 4.78 is 10.6. The van der Waals surface area contributed by atoms with Gasteiger partial charge in [-0.1, -0.05) is 0 Å². The van der Waals surface area contributed by atoms with Gasteiger partial charge >= 0.3 is 0 Å². The number of nitrogens with zero attached hydrogens (tertiary/aromatic N) is 1. The zero-order valence-electron chi connectivity index (χ0n) is 11.5. The number of aryl methyl sites for hydroxylation is 1. The lowest BCUT2D eigenvalue weighted by Gasteiger charge is -2.14. The van der Waals surface area contributed by atoms with Crippen molar-refractivity contribution in [3.8, 4) is 28.5 Å². The van der Waals surface area contributed by atoms with E-state index in [1.54, 1.807) is 6.20 Å². The lowest BCUT2D eigenvalue weighted by atomic mass is 10.0. The van der Waals surface area contributed by atoms with Crippen molar-refractivity contribution >= 4 is 0 Å². The molecule has 1 unspecified atom stereocenters. The van der Waals surface area contributed by atoms with Crippen molar-refractivity contribution in [3.05, 3.63) is 35.0 Å². The van der Waals surface area contributed by atoms with Crippen LogP contribution in [0.2, 0.25) is 0 Å². The smallest absolute Gasteiger partial charge is 0.170 e. The van der Waals surface area contributed by atoms with Gasteiger partial charge in [0.1, 0.15) is 11.9 Å². The Balaban J connectivity index is 2.43. The Kier molecular flexibility index (Phi) is 2.79. The Morgan fingerprint density at radius 1 is 1.20 bits per heavy atom. The highest BCUT2D eigenvalue weighted by Gasteiger charge is 2.36. The summed E-state index contributed by atoms with van der Waals surface area (Å²) in [5.41, 5.74) is 3.46. The quantitative estimate of drug-likeness (QED) is 0.877. The van der Waals surface area contributed by atoms with Gasteiger partial charge in [-0.15, -0.1) is 0 Å². The zero-order chi connectivity index (χ0) is 14.4. The Morgan fingerprint density at radius 2 is 1.95 bits per heavy atom. The van der Waals surface area contributed by atoms with Crippen LogP contribution in [0.5, 0.6) is 17.2 Å². The second-order valence-corrected chi connectivity index (χ2v) is 4.71. The molecule has 1 aromatic carbocycles. The van der Waals surface area contributed by atoms with Gasteiger partial charge in [-0.05, 0) is 18.6 Å². The number of aromatic nitrogens is 1. The largest absolute Gasteiger partial charge is 0.504 e. The normalized spacial score (nSPS) is 15.7. The fourth-order valence-electron chi connectivity index (χ4n) is 2.78. The number of phenols is 1. The van der Waals surface area contributed by atoms with Crippen LogP contribution in [0, 0.1) is 6.92 Å². The number of aromatic hydroxyl groups is 1. The van der Waals surface area contributed by atoms with Crippen LogP contribution in [-0.2, 0) is 0 Å². The van der Waals surface area contributed by atoms with Crippen LogP contribution in [0.1, 0.15) is 22.8 Å². The summed E-state index contributed by atoms with van der Waals surface area (Å²) in [4.78, 5) is 4.33. The molecule has 1 aliphatic carbocycles. The predicted octanol–water partition coefficient (Wildman–Crippen LogP) is 2.17. The highest BCUT2D eigenvalue weighted by Crippen LogP contribution is 2.54. The van der Waals surface area contributed by atoms with E-state index in [1.807, 2.05) is 13.0 Å². The van der Waals surface area contributed by atoms with Crippen molar-refractivity contribution in [2.45, 2.75) is 13.0 Å². The fourth-order valence-corrected chi connectivity index (χ4v) is 2.78. The van der Waals surface area contributed by atoms with Crippen LogP contribution in [-0.4, -0.2) is 29.4 Å². The van der Waals surface area contributed by atoms with E-state index in [-0.39, 0.29) is 5.75 Å². The maximum absolute atomic E-state index is 10.6. The van der Waals surface area contributed by atoms with E-state index in [1.165, 1.54) is 20.3 Å². The van der Waals surface area contributed by atoms with E-state index in [2.05, 4.69) is 4.98 Å². The van der Waals surface area contributed by atoms with E-state index in [4.69, 9.17) is 9.47 Å². The van der Waals surface area contributed by atoms with Gasteiger partial charge in [0.2, 0.25) is 0 Å². The summed E-state index contributed by atoms with van der Waals surface area (Å²) in [5, 5.41) is 20.6. The standard InChI is InChI=1S/C15H15NO4/c1-7-4-5-16-13-10(7)14(18)11-9(19-2)6-8(17)15(20-3)12(11)13/h4-6,14,17-18H,1-3H3.